The van der Waals surface area contributed by atoms with Gasteiger partial charge in [-0.3, -0.25) is 0 Å². The average Bonchev–Trinajstić information content (AvgIpc) is 2.06. The van der Waals surface area contributed by atoms with Crippen LogP contribution in [0.4, 0.5) is 0 Å². The van der Waals surface area contributed by atoms with Crippen LogP contribution in [0.15, 0.2) is 24.3 Å². The molecule has 0 amide bonds. The zero-order valence-electron chi connectivity index (χ0n) is 9.46. The van der Waals surface area contributed by atoms with E-state index < -0.39 is 0 Å². The van der Waals surface area contributed by atoms with E-state index in [-0.39, 0.29) is 6.04 Å². The maximum Gasteiger partial charge on any atom is 0.00509 e. The summed E-state index contributed by atoms with van der Waals surface area (Å²) in [4.78, 5) is 0. The Kier molecular flexibility index (Phi) is 4.15. The van der Waals surface area contributed by atoms with Gasteiger partial charge in [0.2, 0.25) is 0 Å². The van der Waals surface area contributed by atoms with Gasteiger partial charge in [-0.15, -0.1) is 0 Å². The lowest BCUT2D eigenvalue weighted by Gasteiger charge is -2.08. The molecule has 0 radical (unpaired) electrons. The molecule has 78 valence electrons. The Balaban J connectivity index is 2.59. The smallest absolute Gasteiger partial charge is 0.00509 e. The van der Waals surface area contributed by atoms with Crippen molar-refractivity contribution in [2.24, 2.45) is 11.7 Å². The second-order valence-electron chi connectivity index (χ2n) is 4.60. The summed E-state index contributed by atoms with van der Waals surface area (Å²) in [5.41, 5.74) is 8.51. The molecule has 0 spiro atoms. The standard InChI is InChI=1S/C13H21N/c1-10(2)8-12-4-6-13(7-5-12)9-11(3)14/h4-7,10-11H,8-9,14H2,1-3H3/t11-/m1/s1. The Bertz CT molecular complexity index is 230. The first-order valence-corrected chi connectivity index (χ1v) is 5.41. The van der Waals surface area contributed by atoms with E-state index in [0.29, 0.717) is 0 Å². The van der Waals surface area contributed by atoms with E-state index in [4.69, 9.17) is 5.73 Å². The third-order valence-electron chi connectivity index (χ3n) is 2.22. The summed E-state index contributed by atoms with van der Waals surface area (Å²) in [5.74, 6) is 0.731. The van der Waals surface area contributed by atoms with Gasteiger partial charge in [-0.2, -0.15) is 0 Å². The third kappa shape index (κ3) is 3.93. The van der Waals surface area contributed by atoms with Gasteiger partial charge in [-0.05, 0) is 36.8 Å². The molecule has 14 heavy (non-hydrogen) atoms. The van der Waals surface area contributed by atoms with Gasteiger partial charge in [0.1, 0.15) is 0 Å². The van der Waals surface area contributed by atoms with Gasteiger partial charge in [0.15, 0.2) is 0 Å². The molecule has 1 atom stereocenters. The Morgan fingerprint density at radius 1 is 0.929 bits per heavy atom. The number of nitrogens with two attached hydrogens (primary N) is 1. The van der Waals surface area contributed by atoms with E-state index in [1.807, 2.05) is 6.92 Å². The Labute approximate surface area is 87.3 Å². The summed E-state index contributed by atoms with van der Waals surface area (Å²) in [5, 5.41) is 0. The number of benzene rings is 1. The Morgan fingerprint density at radius 3 is 1.71 bits per heavy atom. The SMILES string of the molecule is CC(C)Cc1ccc(C[C@@H](C)N)cc1. The van der Waals surface area contributed by atoms with Crippen LogP contribution in [0.25, 0.3) is 0 Å². The molecule has 0 aliphatic carbocycles. The predicted octanol–water partition coefficient (Wildman–Crippen LogP) is 2.77. The highest BCUT2D eigenvalue weighted by molar-refractivity contribution is 5.23. The molecule has 0 aliphatic rings. The van der Waals surface area contributed by atoms with Crippen molar-refractivity contribution in [3.8, 4) is 0 Å². The molecule has 0 unspecified atom stereocenters. The summed E-state index contributed by atoms with van der Waals surface area (Å²) in [6, 6.07) is 9.09. The van der Waals surface area contributed by atoms with Crippen molar-refractivity contribution >= 4 is 0 Å². The molecule has 0 saturated heterocycles. The van der Waals surface area contributed by atoms with Crippen molar-refractivity contribution in [3.05, 3.63) is 35.4 Å². The minimum atomic E-state index is 0.256. The quantitative estimate of drug-likeness (QED) is 0.778. The lowest BCUT2D eigenvalue weighted by Crippen LogP contribution is -2.17. The number of rotatable bonds is 4. The second-order valence-corrected chi connectivity index (χ2v) is 4.60. The molecule has 1 nitrogen and oxygen atoms in total. The zero-order chi connectivity index (χ0) is 10.6. The van der Waals surface area contributed by atoms with E-state index in [1.165, 1.54) is 17.5 Å². The van der Waals surface area contributed by atoms with Crippen molar-refractivity contribution in [1.82, 2.24) is 0 Å². The molecular weight excluding hydrogens is 170 g/mol. The molecule has 0 bridgehead atoms. The van der Waals surface area contributed by atoms with Crippen LogP contribution < -0.4 is 5.73 Å². The topological polar surface area (TPSA) is 26.0 Å². The summed E-state index contributed by atoms with van der Waals surface area (Å²) >= 11 is 0. The summed E-state index contributed by atoms with van der Waals surface area (Å²) < 4.78 is 0. The van der Waals surface area contributed by atoms with Gasteiger partial charge in [0.05, 0.1) is 0 Å². The lowest BCUT2D eigenvalue weighted by atomic mass is 10.00. The van der Waals surface area contributed by atoms with Crippen LogP contribution in [-0.2, 0) is 12.8 Å². The molecule has 1 aromatic carbocycles. The highest BCUT2D eigenvalue weighted by Crippen LogP contribution is 2.10. The van der Waals surface area contributed by atoms with Crippen LogP contribution >= 0.6 is 0 Å². The molecule has 0 aliphatic heterocycles. The molecule has 1 aromatic rings. The Morgan fingerprint density at radius 2 is 1.36 bits per heavy atom. The van der Waals surface area contributed by atoms with Gasteiger partial charge in [-0.25, -0.2) is 0 Å². The van der Waals surface area contributed by atoms with Crippen molar-refractivity contribution in [3.63, 3.8) is 0 Å². The van der Waals surface area contributed by atoms with Crippen molar-refractivity contribution in [1.29, 1.82) is 0 Å². The summed E-state index contributed by atoms with van der Waals surface area (Å²) in [7, 11) is 0. The molecular formula is C13H21N. The van der Waals surface area contributed by atoms with Gasteiger partial charge in [0.25, 0.3) is 0 Å². The molecule has 2 N–H and O–H groups in total. The van der Waals surface area contributed by atoms with E-state index in [2.05, 4.69) is 38.1 Å². The number of hydrogen-bond donors (Lipinski definition) is 1. The van der Waals surface area contributed by atoms with E-state index in [1.54, 1.807) is 0 Å². The van der Waals surface area contributed by atoms with Crippen LogP contribution in [0.3, 0.4) is 0 Å². The first-order valence-electron chi connectivity index (χ1n) is 5.41. The maximum absolute atomic E-state index is 5.74. The van der Waals surface area contributed by atoms with Gasteiger partial charge >= 0.3 is 0 Å². The van der Waals surface area contributed by atoms with Crippen molar-refractivity contribution in [2.45, 2.75) is 39.7 Å². The predicted molar refractivity (Wildman–Crippen MR) is 62.3 cm³/mol. The molecule has 0 aromatic heterocycles. The Hall–Kier alpha value is -0.820. The van der Waals surface area contributed by atoms with E-state index >= 15 is 0 Å². The minimum Gasteiger partial charge on any atom is -0.328 e. The summed E-state index contributed by atoms with van der Waals surface area (Å²) in [6.07, 6.45) is 2.14. The summed E-state index contributed by atoms with van der Waals surface area (Å²) in [6.45, 7) is 6.54. The fourth-order valence-corrected chi connectivity index (χ4v) is 1.65. The first kappa shape index (κ1) is 11.3. The van der Waals surface area contributed by atoms with Gasteiger partial charge < -0.3 is 5.73 Å². The van der Waals surface area contributed by atoms with Crippen LogP contribution in [0.5, 0.6) is 0 Å². The monoisotopic (exact) mass is 191 g/mol. The maximum atomic E-state index is 5.74. The van der Waals surface area contributed by atoms with Crippen LogP contribution in [0.2, 0.25) is 0 Å². The van der Waals surface area contributed by atoms with Crippen LogP contribution in [0, 0.1) is 5.92 Å². The second kappa shape index (κ2) is 5.16. The minimum absolute atomic E-state index is 0.256. The molecule has 0 saturated carbocycles. The highest BCUT2D eigenvalue weighted by Gasteiger charge is 2.00. The lowest BCUT2D eigenvalue weighted by molar-refractivity contribution is 0.646. The first-order chi connectivity index (χ1) is 6.58. The molecule has 0 heterocycles. The van der Waals surface area contributed by atoms with Crippen molar-refractivity contribution < 1.29 is 0 Å². The zero-order valence-corrected chi connectivity index (χ0v) is 9.46. The van der Waals surface area contributed by atoms with Gasteiger partial charge in [-0.1, -0.05) is 38.1 Å². The van der Waals surface area contributed by atoms with Crippen molar-refractivity contribution in [2.75, 3.05) is 0 Å². The fourth-order valence-electron chi connectivity index (χ4n) is 1.65. The number of hydrogen-bond acceptors (Lipinski definition) is 1. The molecule has 1 heteroatoms. The fraction of sp³-hybridized carbons (Fsp3) is 0.538. The van der Waals surface area contributed by atoms with Crippen LogP contribution in [0.1, 0.15) is 31.9 Å². The molecule has 1 rings (SSSR count). The normalized spacial score (nSPS) is 13.2. The third-order valence-corrected chi connectivity index (χ3v) is 2.22. The highest BCUT2D eigenvalue weighted by atomic mass is 14.6. The average molecular weight is 191 g/mol. The van der Waals surface area contributed by atoms with Gasteiger partial charge in [0, 0.05) is 6.04 Å². The van der Waals surface area contributed by atoms with Crippen LogP contribution in [-0.4, -0.2) is 6.04 Å². The van der Waals surface area contributed by atoms with E-state index in [0.717, 1.165) is 12.3 Å². The van der Waals surface area contributed by atoms with E-state index in [9.17, 15) is 0 Å². The largest absolute Gasteiger partial charge is 0.328 e. The molecule has 0 fully saturated rings.